The number of aromatic nitrogens is 2. The molecule has 4 rings (SSSR count). The first-order valence-corrected chi connectivity index (χ1v) is 11.5. The van der Waals surface area contributed by atoms with E-state index < -0.39 is 9.84 Å². The first kappa shape index (κ1) is 20.8. The fraction of sp³-hybridized carbons (Fsp3) is 0.167. The Kier molecular flexibility index (Phi) is 5.86. The molecule has 0 bridgehead atoms. The quantitative estimate of drug-likeness (QED) is 0.385. The van der Waals surface area contributed by atoms with Gasteiger partial charge in [-0.2, -0.15) is 0 Å². The number of carbonyl (C=O) groups is 1. The van der Waals surface area contributed by atoms with Crippen molar-refractivity contribution in [2.45, 2.75) is 29.6 Å². The predicted molar refractivity (Wildman–Crippen MR) is 117 cm³/mol. The number of aryl methyl sites for hydroxylation is 1. The first-order chi connectivity index (χ1) is 15.0. The Hall–Kier alpha value is -3.45. The van der Waals surface area contributed by atoms with Crippen molar-refractivity contribution in [3.63, 3.8) is 0 Å². The number of hydrogen-bond acceptors (Lipinski definition) is 5. The smallest absolute Gasteiger partial charge is 0.206 e. The number of nitrogens with zero attached hydrogens (tertiary/aromatic N) is 2. The van der Waals surface area contributed by atoms with E-state index in [1.807, 2.05) is 17.4 Å². The van der Waals surface area contributed by atoms with Crippen molar-refractivity contribution in [3.8, 4) is 5.75 Å². The molecule has 2 aromatic carbocycles. The third-order valence-corrected chi connectivity index (χ3v) is 6.82. The summed E-state index contributed by atoms with van der Waals surface area (Å²) >= 11 is 0. The highest BCUT2D eigenvalue weighted by Gasteiger charge is 2.17. The van der Waals surface area contributed by atoms with Crippen LogP contribution in [0.5, 0.6) is 5.75 Å². The zero-order valence-electron chi connectivity index (χ0n) is 17.1. The molecular formula is C24H22N2O4S. The largest absolute Gasteiger partial charge is 0.494 e. The van der Waals surface area contributed by atoms with Crippen molar-refractivity contribution < 1.29 is 17.9 Å². The van der Waals surface area contributed by atoms with Crippen LogP contribution in [0.25, 0.3) is 5.65 Å². The highest BCUT2D eigenvalue weighted by Crippen LogP contribution is 2.24. The SMILES string of the molecule is CCOc1ccc(S(=O)(=O)c2ccc(CCC(=O)c3ccc4nccn4c3)cc2)cc1. The molecular weight excluding hydrogens is 412 g/mol. The lowest BCUT2D eigenvalue weighted by Crippen LogP contribution is -2.04. The van der Waals surface area contributed by atoms with Crippen molar-refractivity contribution in [1.29, 1.82) is 0 Å². The van der Waals surface area contributed by atoms with Crippen LogP contribution in [-0.4, -0.2) is 30.2 Å². The highest BCUT2D eigenvalue weighted by atomic mass is 32.2. The maximum Gasteiger partial charge on any atom is 0.206 e. The van der Waals surface area contributed by atoms with E-state index in [1.54, 1.807) is 73.2 Å². The Morgan fingerprint density at radius 1 is 0.968 bits per heavy atom. The normalized spacial score (nSPS) is 11.5. The summed E-state index contributed by atoms with van der Waals surface area (Å²) in [6.45, 7) is 2.40. The Balaban J connectivity index is 1.43. The average Bonchev–Trinajstić information content (AvgIpc) is 3.26. The second-order valence-corrected chi connectivity index (χ2v) is 9.04. The maximum absolute atomic E-state index is 12.8. The molecule has 0 saturated carbocycles. The van der Waals surface area contributed by atoms with Gasteiger partial charge in [-0.3, -0.25) is 4.79 Å². The lowest BCUT2D eigenvalue weighted by atomic mass is 10.0. The third-order valence-electron chi connectivity index (χ3n) is 5.03. The van der Waals surface area contributed by atoms with Crippen LogP contribution in [0, 0.1) is 0 Å². The standard InChI is InChI=1S/C24H22N2O4S/c1-2-30-20-7-11-22(12-8-20)31(28,29)21-9-3-18(4-10-21)5-13-23(27)19-6-14-24-25-15-16-26(24)17-19/h3-4,6-12,14-17H,2,5,13H2,1H3. The zero-order chi connectivity index (χ0) is 21.8. The van der Waals surface area contributed by atoms with E-state index in [-0.39, 0.29) is 15.6 Å². The van der Waals surface area contributed by atoms with Crippen molar-refractivity contribution in [1.82, 2.24) is 9.38 Å². The van der Waals surface area contributed by atoms with E-state index in [2.05, 4.69) is 4.98 Å². The van der Waals surface area contributed by atoms with E-state index in [4.69, 9.17) is 4.74 Å². The molecule has 0 radical (unpaired) electrons. The number of fused-ring (bicyclic) bond motifs is 1. The first-order valence-electron chi connectivity index (χ1n) is 10.00. The molecule has 2 heterocycles. The molecule has 6 nitrogen and oxygen atoms in total. The van der Waals surface area contributed by atoms with Crippen molar-refractivity contribution in [2.75, 3.05) is 6.61 Å². The number of carbonyl (C=O) groups excluding carboxylic acids is 1. The van der Waals surface area contributed by atoms with Crippen LogP contribution < -0.4 is 4.74 Å². The molecule has 0 aliphatic rings. The monoisotopic (exact) mass is 434 g/mol. The van der Waals surface area contributed by atoms with Gasteiger partial charge in [-0.15, -0.1) is 0 Å². The fourth-order valence-corrected chi connectivity index (χ4v) is 4.60. The van der Waals surface area contributed by atoms with Crippen molar-refractivity contribution in [3.05, 3.63) is 90.4 Å². The van der Waals surface area contributed by atoms with Gasteiger partial charge < -0.3 is 9.14 Å². The molecule has 0 N–H and O–H groups in total. The van der Waals surface area contributed by atoms with Gasteiger partial charge in [-0.25, -0.2) is 13.4 Å². The molecule has 2 aromatic heterocycles. The summed E-state index contributed by atoms with van der Waals surface area (Å²) in [6, 6.07) is 16.7. The summed E-state index contributed by atoms with van der Waals surface area (Å²) in [5.41, 5.74) is 2.32. The number of ketones is 1. The van der Waals surface area contributed by atoms with Crippen LogP contribution in [0.3, 0.4) is 0 Å². The predicted octanol–water partition coefficient (Wildman–Crippen LogP) is 4.38. The summed E-state index contributed by atoms with van der Waals surface area (Å²) in [6.07, 6.45) is 6.13. The Morgan fingerprint density at radius 2 is 1.65 bits per heavy atom. The molecule has 0 aliphatic heterocycles. The van der Waals surface area contributed by atoms with Crippen molar-refractivity contribution in [2.24, 2.45) is 0 Å². The second kappa shape index (κ2) is 8.73. The van der Waals surface area contributed by atoms with Gasteiger partial charge in [0.25, 0.3) is 0 Å². The summed E-state index contributed by atoms with van der Waals surface area (Å²) in [5, 5.41) is 0. The molecule has 0 saturated heterocycles. The molecule has 0 spiro atoms. The number of Topliss-reactive ketones (excluding diaryl/α,β-unsaturated/α-hetero) is 1. The van der Waals surface area contributed by atoms with Crippen LogP contribution in [-0.2, 0) is 16.3 Å². The number of imidazole rings is 1. The van der Waals surface area contributed by atoms with E-state index >= 15 is 0 Å². The van der Waals surface area contributed by atoms with Crippen LogP contribution in [0.15, 0.2) is 89.0 Å². The van der Waals surface area contributed by atoms with E-state index in [0.717, 1.165) is 11.2 Å². The minimum absolute atomic E-state index is 0.0293. The minimum atomic E-state index is -3.61. The zero-order valence-corrected chi connectivity index (χ0v) is 17.9. The average molecular weight is 435 g/mol. The Morgan fingerprint density at radius 3 is 2.32 bits per heavy atom. The van der Waals surface area contributed by atoms with Crippen LogP contribution in [0.2, 0.25) is 0 Å². The Bertz CT molecular complexity index is 1310. The van der Waals surface area contributed by atoms with Crippen molar-refractivity contribution >= 4 is 21.3 Å². The summed E-state index contributed by atoms with van der Waals surface area (Å²) in [7, 11) is -3.61. The van der Waals surface area contributed by atoms with Crippen LogP contribution in [0.1, 0.15) is 29.3 Å². The molecule has 0 unspecified atom stereocenters. The number of benzene rings is 2. The lowest BCUT2D eigenvalue weighted by molar-refractivity contribution is 0.0982. The number of sulfone groups is 1. The summed E-state index contributed by atoms with van der Waals surface area (Å²) < 4.78 is 32.9. The molecule has 158 valence electrons. The minimum Gasteiger partial charge on any atom is -0.494 e. The van der Waals surface area contributed by atoms with Gasteiger partial charge in [-0.1, -0.05) is 12.1 Å². The van der Waals surface area contributed by atoms with Gasteiger partial charge in [0.1, 0.15) is 11.4 Å². The number of pyridine rings is 1. The topological polar surface area (TPSA) is 77.7 Å². The molecule has 0 fully saturated rings. The van der Waals surface area contributed by atoms with Crippen LogP contribution >= 0.6 is 0 Å². The van der Waals surface area contributed by atoms with Crippen LogP contribution in [0.4, 0.5) is 0 Å². The van der Waals surface area contributed by atoms with Gasteiger partial charge >= 0.3 is 0 Å². The van der Waals surface area contributed by atoms with E-state index in [1.165, 1.54) is 0 Å². The second-order valence-electron chi connectivity index (χ2n) is 7.09. The summed E-state index contributed by atoms with van der Waals surface area (Å²) in [4.78, 5) is 17.1. The summed E-state index contributed by atoms with van der Waals surface area (Å²) in [5.74, 6) is 0.662. The molecule has 4 aromatic rings. The molecule has 7 heteroatoms. The maximum atomic E-state index is 12.8. The van der Waals surface area contributed by atoms with Gasteiger partial charge in [0, 0.05) is 30.6 Å². The lowest BCUT2D eigenvalue weighted by Gasteiger charge is -2.08. The van der Waals surface area contributed by atoms with E-state index in [0.29, 0.717) is 30.8 Å². The third kappa shape index (κ3) is 4.51. The molecule has 0 aliphatic carbocycles. The molecule has 31 heavy (non-hydrogen) atoms. The Labute approximate surface area is 181 Å². The van der Waals surface area contributed by atoms with Gasteiger partial charge in [0.15, 0.2) is 5.78 Å². The fourth-order valence-electron chi connectivity index (χ4n) is 3.34. The highest BCUT2D eigenvalue weighted by molar-refractivity contribution is 7.91. The number of hydrogen-bond donors (Lipinski definition) is 0. The number of ether oxygens (including phenoxy) is 1. The van der Waals surface area contributed by atoms with E-state index in [9.17, 15) is 13.2 Å². The van der Waals surface area contributed by atoms with Gasteiger partial charge in [-0.05, 0) is 67.4 Å². The van der Waals surface area contributed by atoms with Gasteiger partial charge in [0.2, 0.25) is 9.84 Å². The molecule has 0 amide bonds. The molecule has 0 atom stereocenters. The number of rotatable bonds is 8. The van der Waals surface area contributed by atoms with Gasteiger partial charge in [0.05, 0.1) is 16.4 Å².